The SMILES string of the molecule is CC(NS(=O)(=O)c1cccs1)C(=O)N1CCN(c2nc3cccnc3s2)CC1. The number of fused-ring (bicyclic) bond motifs is 1. The number of thiazole rings is 1. The number of aromatic nitrogens is 2. The van der Waals surface area contributed by atoms with Gasteiger partial charge in [-0.3, -0.25) is 4.79 Å². The molecule has 0 saturated carbocycles. The summed E-state index contributed by atoms with van der Waals surface area (Å²) in [6.07, 6.45) is 1.75. The standard InChI is InChI=1S/C17H19N5O3S3/c1-12(20-28(24,25)14-5-3-11-26-14)16(23)21-7-9-22(10-8-21)17-19-13-4-2-6-18-15(13)27-17/h2-6,11-12,20H,7-10H2,1H3. The van der Waals surface area contributed by atoms with Gasteiger partial charge in [-0.2, -0.15) is 4.72 Å². The second kappa shape index (κ2) is 7.74. The number of thiophene rings is 1. The molecule has 0 spiro atoms. The lowest BCUT2D eigenvalue weighted by atomic mass is 10.2. The quantitative estimate of drug-likeness (QED) is 0.654. The van der Waals surface area contributed by atoms with Crippen molar-refractivity contribution < 1.29 is 13.2 Å². The van der Waals surface area contributed by atoms with E-state index in [9.17, 15) is 13.2 Å². The van der Waals surface area contributed by atoms with Crippen LogP contribution in [0.1, 0.15) is 6.92 Å². The molecule has 0 radical (unpaired) electrons. The summed E-state index contributed by atoms with van der Waals surface area (Å²) in [5.41, 5.74) is 0.873. The van der Waals surface area contributed by atoms with E-state index >= 15 is 0 Å². The Labute approximate surface area is 170 Å². The predicted octanol–water partition coefficient (Wildman–Crippen LogP) is 1.77. The molecule has 0 aromatic carbocycles. The number of sulfonamides is 1. The molecule has 1 atom stereocenters. The third kappa shape index (κ3) is 3.88. The number of carbonyl (C=O) groups is 1. The Morgan fingerprint density at radius 2 is 2.00 bits per heavy atom. The Kier molecular flexibility index (Phi) is 5.32. The molecule has 3 aromatic heterocycles. The molecular weight excluding hydrogens is 418 g/mol. The van der Waals surface area contributed by atoms with Crippen molar-refractivity contribution in [2.45, 2.75) is 17.2 Å². The normalized spacial score (nSPS) is 16.5. The largest absolute Gasteiger partial charge is 0.344 e. The van der Waals surface area contributed by atoms with E-state index in [1.165, 1.54) is 17.4 Å². The maximum atomic E-state index is 12.7. The van der Waals surface area contributed by atoms with Gasteiger partial charge in [-0.25, -0.2) is 18.4 Å². The fraction of sp³-hybridized carbons (Fsp3) is 0.353. The van der Waals surface area contributed by atoms with Crippen molar-refractivity contribution in [3.8, 4) is 0 Å². The molecule has 4 heterocycles. The van der Waals surface area contributed by atoms with Gasteiger partial charge in [0.15, 0.2) is 5.13 Å². The number of pyridine rings is 1. The van der Waals surface area contributed by atoms with Crippen LogP contribution in [-0.2, 0) is 14.8 Å². The number of hydrogen-bond acceptors (Lipinski definition) is 8. The van der Waals surface area contributed by atoms with Crippen molar-refractivity contribution in [1.82, 2.24) is 19.6 Å². The third-order valence-corrected chi connectivity index (χ3v) is 8.46. The highest BCUT2D eigenvalue weighted by molar-refractivity contribution is 7.91. The first-order valence-electron chi connectivity index (χ1n) is 8.75. The minimum Gasteiger partial charge on any atom is -0.344 e. The number of carbonyl (C=O) groups excluding carboxylic acids is 1. The predicted molar refractivity (Wildman–Crippen MR) is 110 cm³/mol. The summed E-state index contributed by atoms with van der Waals surface area (Å²) < 4.78 is 27.3. The van der Waals surface area contributed by atoms with Gasteiger partial charge in [-0.1, -0.05) is 17.4 Å². The van der Waals surface area contributed by atoms with Crippen LogP contribution >= 0.6 is 22.7 Å². The molecule has 0 aliphatic carbocycles. The number of amides is 1. The summed E-state index contributed by atoms with van der Waals surface area (Å²) in [7, 11) is -3.67. The van der Waals surface area contributed by atoms with Crippen molar-refractivity contribution >= 4 is 54.1 Å². The van der Waals surface area contributed by atoms with Crippen LogP contribution in [0.2, 0.25) is 0 Å². The number of nitrogens with one attached hydrogen (secondary N) is 1. The van der Waals surface area contributed by atoms with Crippen LogP contribution in [0.3, 0.4) is 0 Å². The summed E-state index contributed by atoms with van der Waals surface area (Å²) in [5, 5.41) is 2.59. The number of hydrogen-bond donors (Lipinski definition) is 1. The molecule has 1 fully saturated rings. The van der Waals surface area contributed by atoms with E-state index in [1.54, 1.807) is 29.5 Å². The summed E-state index contributed by atoms with van der Waals surface area (Å²) >= 11 is 2.66. The lowest BCUT2D eigenvalue weighted by Crippen LogP contribution is -2.54. The molecular formula is C17H19N5O3S3. The van der Waals surface area contributed by atoms with E-state index in [-0.39, 0.29) is 10.1 Å². The van der Waals surface area contributed by atoms with E-state index < -0.39 is 16.1 Å². The highest BCUT2D eigenvalue weighted by Crippen LogP contribution is 2.27. The van der Waals surface area contributed by atoms with E-state index in [0.29, 0.717) is 26.2 Å². The zero-order valence-electron chi connectivity index (χ0n) is 15.1. The molecule has 3 aromatic rings. The van der Waals surface area contributed by atoms with Crippen molar-refractivity contribution in [2.24, 2.45) is 0 Å². The summed E-state index contributed by atoms with van der Waals surface area (Å²) in [5.74, 6) is -0.217. The van der Waals surface area contributed by atoms with Crippen LogP contribution < -0.4 is 9.62 Å². The molecule has 1 N–H and O–H groups in total. The van der Waals surface area contributed by atoms with Gasteiger partial charge in [0.2, 0.25) is 5.91 Å². The van der Waals surface area contributed by atoms with Gasteiger partial charge in [0.25, 0.3) is 10.0 Å². The summed E-state index contributed by atoms with van der Waals surface area (Å²) in [4.78, 5) is 26.3. The Balaban J connectivity index is 1.37. The van der Waals surface area contributed by atoms with Crippen molar-refractivity contribution in [3.05, 3.63) is 35.8 Å². The lowest BCUT2D eigenvalue weighted by molar-refractivity contribution is -0.132. The van der Waals surface area contributed by atoms with Gasteiger partial charge < -0.3 is 9.80 Å². The van der Waals surface area contributed by atoms with E-state index in [1.807, 2.05) is 12.1 Å². The molecule has 148 valence electrons. The van der Waals surface area contributed by atoms with Gasteiger partial charge in [-0.15, -0.1) is 11.3 Å². The van der Waals surface area contributed by atoms with Crippen LogP contribution in [0.15, 0.2) is 40.1 Å². The van der Waals surface area contributed by atoms with Crippen LogP contribution in [-0.4, -0.2) is 61.4 Å². The Morgan fingerprint density at radius 3 is 2.68 bits per heavy atom. The molecule has 4 rings (SSSR count). The molecule has 1 amide bonds. The monoisotopic (exact) mass is 437 g/mol. The van der Waals surface area contributed by atoms with Gasteiger partial charge >= 0.3 is 0 Å². The van der Waals surface area contributed by atoms with E-state index in [0.717, 1.165) is 26.8 Å². The topological polar surface area (TPSA) is 95.5 Å². The minimum absolute atomic E-state index is 0.210. The van der Waals surface area contributed by atoms with Crippen molar-refractivity contribution in [2.75, 3.05) is 31.1 Å². The Bertz CT molecular complexity index is 1040. The molecule has 8 nitrogen and oxygen atoms in total. The van der Waals surface area contributed by atoms with Gasteiger partial charge in [-0.05, 0) is 30.5 Å². The first kappa shape index (κ1) is 19.2. The first-order chi connectivity index (χ1) is 13.4. The van der Waals surface area contributed by atoms with E-state index in [4.69, 9.17) is 0 Å². The number of rotatable bonds is 5. The van der Waals surface area contributed by atoms with Crippen molar-refractivity contribution in [1.29, 1.82) is 0 Å². The first-order valence-corrected chi connectivity index (χ1v) is 11.9. The van der Waals surface area contributed by atoms with Gasteiger partial charge in [0.05, 0.1) is 6.04 Å². The maximum absolute atomic E-state index is 12.7. The second-order valence-electron chi connectivity index (χ2n) is 6.41. The molecule has 0 bridgehead atoms. The molecule has 28 heavy (non-hydrogen) atoms. The fourth-order valence-corrected chi connectivity index (χ4v) is 6.21. The van der Waals surface area contributed by atoms with E-state index in [2.05, 4.69) is 19.6 Å². The van der Waals surface area contributed by atoms with Crippen LogP contribution in [0.5, 0.6) is 0 Å². The van der Waals surface area contributed by atoms with Crippen molar-refractivity contribution in [3.63, 3.8) is 0 Å². The second-order valence-corrected chi connectivity index (χ2v) is 10.3. The molecule has 1 unspecified atom stereocenters. The number of nitrogens with zero attached hydrogens (tertiary/aromatic N) is 4. The number of anilines is 1. The lowest BCUT2D eigenvalue weighted by Gasteiger charge is -2.35. The molecule has 11 heteroatoms. The van der Waals surface area contributed by atoms with Crippen LogP contribution in [0.25, 0.3) is 10.3 Å². The minimum atomic E-state index is -3.67. The Hall–Kier alpha value is -2.08. The average molecular weight is 438 g/mol. The highest BCUT2D eigenvalue weighted by atomic mass is 32.2. The summed E-state index contributed by atoms with van der Waals surface area (Å²) in [6.45, 7) is 3.92. The van der Waals surface area contributed by atoms with Gasteiger partial charge in [0.1, 0.15) is 14.6 Å². The zero-order valence-corrected chi connectivity index (χ0v) is 17.6. The molecule has 1 aliphatic rings. The van der Waals surface area contributed by atoms with Crippen LogP contribution in [0, 0.1) is 0 Å². The summed E-state index contributed by atoms with van der Waals surface area (Å²) in [6, 6.07) is 6.17. The molecule has 1 aliphatic heterocycles. The smallest absolute Gasteiger partial charge is 0.250 e. The number of piperazine rings is 1. The average Bonchev–Trinajstić information content (AvgIpc) is 3.37. The highest BCUT2D eigenvalue weighted by Gasteiger charge is 2.29. The van der Waals surface area contributed by atoms with Crippen LogP contribution in [0.4, 0.5) is 5.13 Å². The third-order valence-electron chi connectivity index (χ3n) is 4.48. The molecule has 1 saturated heterocycles. The Morgan fingerprint density at radius 1 is 1.21 bits per heavy atom. The fourth-order valence-electron chi connectivity index (χ4n) is 3.04. The maximum Gasteiger partial charge on any atom is 0.250 e. The van der Waals surface area contributed by atoms with Gasteiger partial charge in [0, 0.05) is 32.4 Å². The zero-order chi connectivity index (χ0) is 19.7.